The van der Waals surface area contributed by atoms with Crippen LogP contribution in [-0.4, -0.2) is 103 Å². The fraction of sp³-hybridized carbons (Fsp3) is 0.511. The van der Waals surface area contributed by atoms with Crippen LogP contribution < -0.4 is 20.3 Å². The lowest BCUT2D eigenvalue weighted by Gasteiger charge is -2.63. The molecule has 13 nitrogen and oxygen atoms in total. The number of carbonyl (C=O) groups excluding carboxylic acids is 4. The van der Waals surface area contributed by atoms with E-state index in [0.717, 1.165) is 75.4 Å². The largest absolute Gasteiger partial charge is 0.489 e. The standard InChI is InChI=1S/C45H54ClN7O6/c1-44(2)42(45(3,4)43(44)59-32-14-12-30(26-47)35(46)25-32)50-39(55)31-13-16-37(48-27-31)52-20-18-51(19-21-52)22-24-58-23-7-5-6-9-29-10-8-11-33-34(29)28-53(41(33)57)36-15-17-38(54)49-40(36)56/h8,10-14,16,25,27,36,42-43H,5-7,9,15,17-24,28H2,1-4H3,(H,50,55)(H,49,54,56)/t36-,42?,43?/m0/s1. The van der Waals surface area contributed by atoms with Gasteiger partial charge in [-0.2, -0.15) is 5.26 Å². The van der Waals surface area contributed by atoms with E-state index < -0.39 is 6.04 Å². The van der Waals surface area contributed by atoms with Crippen LogP contribution in [0.25, 0.3) is 0 Å². The number of nitrogens with one attached hydrogen (secondary N) is 2. The average molecular weight is 824 g/mol. The van der Waals surface area contributed by atoms with Crippen LogP contribution in [-0.2, 0) is 27.3 Å². The zero-order valence-corrected chi connectivity index (χ0v) is 35.1. The number of aromatic nitrogens is 1. The number of aryl methyl sites for hydroxylation is 1. The smallest absolute Gasteiger partial charge is 0.255 e. The van der Waals surface area contributed by atoms with Gasteiger partial charge in [0.15, 0.2) is 0 Å². The molecular formula is C45H54ClN7O6. The molecule has 0 bridgehead atoms. The third kappa shape index (κ3) is 8.95. The highest BCUT2D eigenvalue weighted by Crippen LogP contribution is 2.55. The second kappa shape index (κ2) is 17.7. The normalized spacial score (nSPS) is 22.3. The molecule has 1 atom stereocenters. The van der Waals surface area contributed by atoms with Crippen molar-refractivity contribution in [1.29, 1.82) is 5.26 Å². The minimum absolute atomic E-state index is 0.132. The second-order valence-electron chi connectivity index (χ2n) is 17.3. The number of piperidine rings is 1. The van der Waals surface area contributed by atoms with Gasteiger partial charge in [0.05, 0.1) is 22.8 Å². The molecule has 59 heavy (non-hydrogen) atoms. The van der Waals surface area contributed by atoms with Crippen molar-refractivity contribution in [3.05, 3.63) is 87.6 Å². The van der Waals surface area contributed by atoms with Crippen molar-refractivity contribution < 1.29 is 28.7 Å². The van der Waals surface area contributed by atoms with Gasteiger partial charge in [-0.3, -0.25) is 29.4 Å². The summed E-state index contributed by atoms with van der Waals surface area (Å²) >= 11 is 6.24. The number of pyridine rings is 1. The maximum Gasteiger partial charge on any atom is 0.255 e. The Bertz CT molecular complexity index is 2090. The van der Waals surface area contributed by atoms with Crippen molar-refractivity contribution in [2.45, 2.75) is 91.0 Å². The molecule has 7 rings (SSSR count). The Kier molecular flexibility index (Phi) is 12.6. The zero-order valence-electron chi connectivity index (χ0n) is 34.4. The number of rotatable bonds is 15. The first kappa shape index (κ1) is 42.1. The van der Waals surface area contributed by atoms with Crippen LogP contribution in [0.1, 0.15) is 97.2 Å². The maximum atomic E-state index is 13.4. The van der Waals surface area contributed by atoms with E-state index in [-0.39, 0.29) is 53.0 Å². The van der Waals surface area contributed by atoms with E-state index >= 15 is 0 Å². The summed E-state index contributed by atoms with van der Waals surface area (Å²) in [6, 6.07) is 16.0. The minimum Gasteiger partial charge on any atom is -0.489 e. The average Bonchev–Trinajstić information content (AvgIpc) is 3.56. The first-order valence-corrected chi connectivity index (χ1v) is 21.1. The molecule has 0 unspecified atom stereocenters. The third-order valence-corrected chi connectivity index (χ3v) is 12.9. The zero-order chi connectivity index (χ0) is 41.9. The highest BCUT2D eigenvalue weighted by atomic mass is 35.5. The number of carbonyl (C=O) groups is 4. The number of ether oxygens (including phenoxy) is 2. The molecule has 3 fully saturated rings. The Morgan fingerprint density at radius 2 is 1.78 bits per heavy atom. The highest BCUT2D eigenvalue weighted by Gasteiger charge is 2.64. The fourth-order valence-corrected chi connectivity index (χ4v) is 9.81. The summed E-state index contributed by atoms with van der Waals surface area (Å²) in [5.41, 5.74) is 3.00. The molecular weight excluding hydrogens is 770 g/mol. The van der Waals surface area contributed by atoms with E-state index in [1.54, 1.807) is 29.3 Å². The summed E-state index contributed by atoms with van der Waals surface area (Å²) in [5.74, 6) is 0.482. The van der Waals surface area contributed by atoms with Crippen LogP contribution in [0, 0.1) is 22.2 Å². The molecule has 1 aromatic heterocycles. The van der Waals surface area contributed by atoms with Gasteiger partial charge >= 0.3 is 0 Å². The first-order chi connectivity index (χ1) is 28.3. The molecule has 2 saturated heterocycles. The van der Waals surface area contributed by atoms with Crippen molar-refractivity contribution in [1.82, 2.24) is 25.4 Å². The number of imide groups is 1. The van der Waals surface area contributed by atoms with Gasteiger partial charge in [-0.1, -0.05) is 57.8 Å². The molecule has 1 saturated carbocycles. The molecule has 4 heterocycles. The Hall–Kier alpha value is -5.03. The van der Waals surface area contributed by atoms with E-state index in [2.05, 4.69) is 65.2 Å². The molecule has 2 N–H and O–H groups in total. The van der Waals surface area contributed by atoms with Crippen LogP contribution in [0.4, 0.5) is 5.82 Å². The Morgan fingerprint density at radius 1 is 1.00 bits per heavy atom. The number of nitrogens with zero attached hydrogens (tertiary/aromatic N) is 5. The number of amides is 4. The molecule has 3 aliphatic heterocycles. The summed E-state index contributed by atoms with van der Waals surface area (Å²) in [4.78, 5) is 61.5. The number of benzene rings is 2. The van der Waals surface area contributed by atoms with Crippen LogP contribution in [0.15, 0.2) is 54.7 Å². The predicted molar refractivity (Wildman–Crippen MR) is 223 cm³/mol. The van der Waals surface area contributed by atoms with Crippen molar-refractivity contribution in [2.24, 2.45) is 10.8 Å². The highest BCUT2D eigenvalue weighted by molar-refractivity contribution is 6.31. The van der Waals surface area contributed by atoms with Crippen LogP contribution >= 0.6 is 11.6 Å². The van der Waals surface area contributed by atoms with Gasteiger partial charge in [-0.05, 0) is 67.1 Å². The molecule has 1 aliphatic carbocycles. The van der Waals surface area contributed by atoms with Crippen molar-refractivity contribution in [2.75, 3.05) is 50.8 Å². The minimum atomic E-state index is -0.599. The number of halogens is 1. The van der Waals surface area contributed by atoms with E-state index in [9.17, 15) is 24.4 Å². The molecule has 0 radical (unpaired) electrons. The number of hydrogen-bond donors (Lipinski definition) is 2. The Balaban J connectivity index is 0.778. The van der Waals surface area contributed by atoms with Gasteiger partial charge in [-0.15, -0.1) is 0 Å². The molecule has 312 valence electrons. The van der Waals surface area contributed by atoms with Crippen LogP contribution in [0.2, 0.25) is 5.02 Å². The molecule has 4 aliphatic rings. The van der Waals surface area contributed by atoms with Gasteiger partial charge in [0.25, 0.3) is 11.8 Å². The van der Waals surface area contributed by atoms with E-state index in [1.807, 2.05) is 24.3 Å². The van der Waals surface area contributed by atoms with E-state index in [0.29, 0.717) is 53.6 Å². The van der Waals surface area contributed by atoms with Crippen molar-refractivity contribution >= 4 is 41.0 Å². The van der Waals surface area contributed by atoms with Gasteiger partial charge in [0.2, 0.25) is 11.8 Å². The number of unbranched alkanes of at least 4 members (excludes halogenated alkanes) is 2. The lowest BCUT2D eigenvalue weighted by molar-refractivity contribution is -0.164. The quantitative estimate of drug-likeness (QED) is 0.148. The van der Waals surface area contributed by atoms with Crippen molar-refractivity contribution in [3.8, 4) is 11.8 Å². The molecule has 0 spiro atoms. The lowest BCUT2D eigenvalue weighted by Crippen LogP contribution is -2.74. The van der Waals surface area contributed by atoms with E-state index in [4.69, 9.17) is 21.1 Å². The van der Waals surface area contributed by atoms with Crippen LogP contribution in [0.5, 0.6) is 5.75 Å². The first-order valence-electron chi connectivity index (χ1n) is 20.7. The Labute approximate surface area is 351 Å². The number of nitriles is 1. The monoisotopic (exact) mass is 823 g/mol. The number of hydrogen-bond acceptors (Lipinski definition) is 10. The van der Waals surface area contributed by atoms with Crippen molar-refractivity contribution in [3.63, 3.8) is 0 Å². The molecule has 14 heteroatoms. The summed E-state index contributed by atoms with van der Waals surface area (Å²) in [6.45, 7) is 14.5. The van der Waals surface area contributed by atoms with E-state index in [1.165, 1.54) is 0 Å². The lowest BCUT2D eigenvalue weighted by atomic mass is 9.49. The number of piperazine rings is 1. The Morgan fingerprint density at radius 3 is 2.47 bits per heavy atom. The topological polar surface area (TPSA) is 157 Å². The molecule has 2 aromatic carbocycles. The molecule has 4 amide bonds. The van der Waals surface area contributed by atoms with Crippen LogP contribution in [0.3, 0.4) is 0 Å². The summed E-state index contributed by atoms with van der Waals surface area (Å²) < 4.78 is 12.4. The van der Waals surface area contributed by atoms with Gasteiger partial charge in [0.1, 0.15) is 29.8 Å². The predicted octanol–water partition coefficient (Wildman–Crippen LogP) is 5.53. The maximum absolute atomic E-state index is 13.4. The second-order valence-corrected chi connectivity index (χ2v) is 17.7. The number of anilines is 1. The fourth-order valence-electron chi connectivity index (χ4n) is 9.59. The van der Waals surface area contributed by atoms with Gasteiger partial charge in [-0.25, -0.2) is 4.98 Å². The summed E-state index contributed by atoms with van der Waals surface area (Å²) in [5, 5.41) is 15.2. The SMILES string of the molecule is CC1(C)C(NC(=O)c2ccc(N3CCN(CCOCCCCCc4cccc5c4CN([C@H]4CCC(=O)NC4=O)C5=O)CC3)nc2)C(C)(C)C1Oc1ccc(C#N)c(Cl)c1. The third-order valence-electron chi connectivity index (χ3n) is 12.6. The summed E-state index contributed by atoms with van der Waals surface area (Å²) in [6.07, 6.45) is 5.91. The number of fused-ring (bicyclic) bond motifs is 1. The van der Waals surface area contributed by atoms with Gasteiger partial charge < -0.3 is 24.6 Å². The summed E-state index contributed by atoms with van der Waals surface area (Å²) in [7, 11) is 0. The molecule has 3 aromatic rings. The van der Waals surface area contributed by atoms with Gasteiger partial charge in [0, 0.05) is 87.0 Å².